The fraction of sp³-hybridized carbons (Fsp3) is 0.571. The molecule has 0 bridgehead atoms. The van der Waals surface area contributed by atoms with Crippen molar-refractivity contribution in [3.63, 3.8) is 0 Å². The monoisotopic (exact) mass is 476 g/mol. The van der Waals surface area contributed by atoms with E-state index in [1.165, 1.54) is 0 Å². The predicted molar refractivity (Wildman–Crippen MR) is 96.9 cm³/mol. The molecule has 1 aromatic carbocycles. The standard InChI is InChI=1S/C14H16Br2Cl2O2S/c15-8-14(9-16,11-3-4-21(19,20)7-11)6-10-1-2-12(17)5-13(10)18/h1-2,5,11H,3-4,6-9H2. The lowest BCUT2D eigenvalue weighted by molar-refractivity contribution is 0.253. The molecule has 1 atom stereocenters. The van der Waals surface area contributed by atoms with E-state index in [1.807, 2.05) is 12.1 Å². The Hall–Kier alpha value is 0.710. The predicted octanol–water partition coefficient (Wildman–Crippen LogP) is 4.75. The van der Waals surface area contributed by atoms with Crippen molar-refractivity contribution in [2.24, 2.45) is 11.3 Å². The van der Waals surface area contributed by atoms with E-state index in [0.29, 0.717) is 16.5 Å². The Morgan fingerprint density at radius 3 is 2.38 bits per heavy atom. The molecule has 7 heteroatoms. The molecule has 0 N–H and O–H groups in total. The van der Waals surface area contributed by atoms with E-state index in [2.05, 4.69) is 31.9 Å². The molecular weight excluding hydrogens is 463 g/mol. The Morgan fingerprint density at radius 1 is 1.24 bits per heavy atom. The van der Waals surface area contributed by atoms with Crippen molar-refractivity contribution in [3.8, 4) is 0 Å². The first-order valence-corrected chi connectivity index (χ1v) is 11.4. The molecule has 2 rings (SSSR count). The quantitative estimate of drug-likeness (QED) is 0.572. The first kappa shape index (κ1) is 18.1. The van der Waals surface area contributed by atoms with Crippen LogP contribution in [0.2, 0.25) is 10.0 Å². The SMILES string of the molecule is O=S1(=O)CCC(C(CBr)(CBr)Cc2ccc(Cl)cc2Cl)C1. The van der Waals surface area contributed by atoms with Gasteiger partial charge in [0.25, 0.3) is 0 Å². The van der Waals surface area contributed by atoms with Crippen LogP contribution in [-0.4, -0.2) is 30.6 Å². The summed E-state index contributed by atoms with van der Waals surface area (Å²) in [5.74, 6) is 0.677. The van der Waals surface area contributed by atoms with Crippen LogP contribution in [0.15, 0.2) is 18.2 Å². The van der Waals surface area contributed by atoms with Crippen LogP contribution in [0, 0.1) is 11.3 Å². The molecule has 0 saturated carbocycles. The maximum atomic E-state index is 11.8. The van der Waals surface area contributed by atoms with Crippen molar-refractivity contribution < 1.29 is 8.42 Å². The molecule has 1 aromatic rings. The topological polar surface area (TPSA) is 34.1 Å². The lowest BCUT2D eigenvalue weighted by atomic mass is 9.74. The van der Waals surface area contributed by atoms with E-state index >= 15 is 0 Å². The molecule has 21 heavy (non-hydrogen) atoms. The smallest absolute Gasteiger partial charge is 0.150 e. The van der Waals surface area contributed by atoms with Crippen LogP contribution < -0.4 is 0 Å². The first-order valence-electron chi connectivity index (χ1n) is 6.58. The van der Waals surface area contributed by atoms with Gasteiger partial charge in [0.1, 0.15) is 0 Å². The Labute approximate surface area is 152 Å². The van der Waals surface area contributed by atoms with Gasteiger partial charge < -0.3 is 0 Å². The maximum Gasteiger partial charge on any atom is 0.150 e. The molecule has 0 aliphatic carbocycles. The zero-order valence-electron chi connectivity index (χ0n) is 11.3. The van der Waals surface area contributed by atoms with Crippen molar-refractivity contribution in [1.82, 2.24) is 0 Å². The highest BCUT2D eigenvalue weighted by Gasteiger charge is 2.43. The summed E-state index contributed by atoms with van der Waals surface area (Å²) in [6, 6.07) is 5.48. The summed E-state index contributed by atoms with van der Waals surface area (Å²) in [6.07, 6.45) is 1.43. The van der Waals surface area contributed by atoms with E-state index in [-0.39, 0.29) is 22.8 Å². The minimum absolute atomic E-state index is 0.132. The van der Waals surface area contributed by atoms with Crippen LogP contribution in [0.5, 0.6) is 0 Å². The number of halogens is 4. The van der Waals surface area contributed by atoms with E-state index in [1.54, 1.807) is 6.07 Å². The number of alkyl halides is 2. The number of hydrogen-bond acceptors (Lipinski definition) is 2. The summed E-state index contributed by atoms with van der Waals surface area (Å²) < 4.78 is 23.6. The minimum Gasteiger partial charge on any atom is -0.229 e. The second-order valence-corrected chi connectivity index (χ2v) is 9.84. The molecule has 0 amide bonds. The van der Waals surface area contributed by atoms with Crippen LogP contribution in [-0.2, 0) is 16.3 Å². The summed E-state index contributed by atoms with van der Waals surface area (Å²) in [6.45, 7) is 0. The number of rotatable bonds is 5. The van der Waals surface area contributed by atoms with Gasteiger partial charge >= 0.3 is 0 Å². The lowest BCUT2D eigenvalue weighted by Crippen LogP contribution is -2.37. The van der Waals surface area contributed by atoms with Crippen LogP contribution in [0.3, 0.4) is 0 Å². The van der Waals surface area contributed by atoms with Gasteiger partial charge in [-0.15, -0.1) is 0 Å². The zero-order chi connectivity index (χ0) is 15.7. The van der Waals surface area contributed by atoms with Gasteiger partial charge in [0.15, 0.2) is 9.84 Å². The third-order valence-electron chi connectivity index (χ3n) is 4.19. The Bertz CT molecular complexity index is 615. The van der Waals surface area contributed by atoms with Crippen LogP contribution in [0.1, 0.15) is 12.0 Å². The summed E-state index contributed by atoms with van der Waals surface area (Å²) >= 11 is 19.4. The average molecular weight is 479 g/mol. The lowest BCUT2D eigenvalue weighted by Gasteiger charge is -2.36. The highest BCUT2D eigenvalue weighted by Crippen LogP contribution is 2.43. The fourth-order valence-electron chi connectivity index (χ4n) is 2.82. The van der Waals surface area contributed by atoms with Crippen molar-refractivity contribution in [1.29, 1.82) is 0 Å². The van der Waals surface area contributed by atoms with Gasteiger partial charge in [-0.05, 0) is 41.9 Å². The molecule has 1 aliphatic rings. The fourth-order valence-corrected chi connectivity index (χ4v) is 7.47. The Kier molecular flexibility index (Phi) is 6.09. The molecule has 1 unspecified atom stereocenters. The summed E-state index contributed by atoms with van der Waals surface area (Å²) in [4.78, 5) is 0. The second kappa shape index (κ2) is 7.08. The molecule has 1 heterocycles. The van der Waals surface area contributed by atoms with Gasteiger partial charge in [0, 0.05) is 20.7 Å². The summed E-state index contributed by atoms with van der Waals surface area (Å²) in [5, 5.41) is 2.69. The average Bonchev–Trinajstić information content (AvgIpc) is 2.79. The zero-order valence-corrected chi connectivity index (χ0v) is 16.8. The van der Waals surface area contributed by atoms with E-state index in [9.17, 15) is 8.42 Å². The number of sulfone groups is 1. The summed E-state index contributed by atoms with van der Waals surface area (Å²) in [5.41, 5.74) is 0.838. The van der Waals surface area contributed by atoms with E-state index < -0.39 is 9.84 Å². The molecule has 118 valence electrons. The molecule has 0 aromatic heterocycles. The van der Waals surface area contributed by atoms with Crippen LogP contribution in [0.4, 0.5) is 0 Å². The molecule has 1 saturated heterocycles. The van der Waals surface area contributed by atoms with Crippen molar-refractivity contribution in [3.05, 3.63) is 33.8 Å². The highest BCUT2D eigenvalue weighted by molar-refractivity contribution is 9.09. The highest BCUT2D eigenvalue weighted by atomic mass is 79.9. The Balaban J connectivity index is 2.30. The normalized spacial score (nSPS) is 21.6. The first-order chi connectivity index (χ1) is 9.82. The third kappa shape index (κ3) is 4.17. The van der Waals surface area contributed by atoms with Crippen molar-refractivity contribution in [2.75, 3.05) is 22.2 Å². The Morgan fingerprint density at radius 2 is 1.90 bits per heavy atom. The second-order valence-electron chi connectivity index (χ2n) is 5.64. The minimum atomic E-state index is -2.90. The third-order valence-corrected chi connectivity index (χ3v) is 8.78. The van der Waals surface area contributed by atoms with Gasteiger partial charge in [0.05, 0.1) is 11.5 Å². The van der Waals surface area contributed by atoms with Crippen molar-refractivity contribution >= 4 is 64.9 Å². The van der Waals surface area contributed by atoms with Gasteiger partial charge in [0.2, 0.25) is 0 Å². The largest absolute Gasteiger partial charge is 0.229 e. The van der Waals surface area contributed by atoms with Crippen LogP contribution in [0.25, 0.3) is 0 Å². The molecule has 1 fully saturated rings. The molecular formula is C14H16Br2Cl2O2S. The molecule has 1 aliphatic heterocycles. The number of benzene rings is 1. The van der Waals surface area contributed by atoms with Crippen LogP contribution >= 0.6 is 55.1 Å². The van der Waals surface area contributed by atoms with E-state index in [0.717, 1.165) is 22.6 Å². The molecule has 0 spiro atoms. The van der Waals surface area contributed by atoms with Gasteiger partial charge in [-0.3, -0.25) is 0 Å². The molecule has 0 radical (unpaired) electrons. The van der Waals surface area contributed by atoms with Gasteiger partial charge in [-0.1, -0.05) is 61.1 Å². The molecule has 2 nitrogen and oxygen atoms in total. The number of hydrogen-bond donors (Lipinski definition) is 0. The van der Waals surface area contributed by atoms with Gasteiger partial charge in [-0.25, -0.2) is 8.42 Å². The van der Waals surface area contributed by atoms with Gasteiger partial charge in [-0.2, -0.15) is 0 Å². The van der Waals surface area contributed by atoms with E-state index in [4.69, 9.17) is 23.2 Å². The van der Waals surface area contributed by atoms with Crippen molar-refractivity contribution in [2.45, 2.75) is 12.8 Å². The maximum absolute atomic E-state index is 11.8. The summed E-state index contributed by atoms with van der Waals surface area (Å²) in [7, 11) is -2.90.